The third-order valence-electron chi connectivity index (χ3n) is 4.07. The Morgan fingerprint density at radius 3 is 2.52 bits per heavy atom. The van der Waals surface area contributed by atoms with E-state index in [4.69, 9.17) is 9.51 Å². The summed E-state index contributed by atoms with van der Waals surface area (Å²) in [7, 11) is 0. The summed E-state index contributed by atoms with van der Waals surface area (Å²) in [5.74, 6) is 1.83. The molecule has 2 heterocycles. The second-order valence-corrected chi connectivity index (χ2v) is 6.05. The van der Waals surface area contributed by atoms with Gasteiger partial charge in [-0.2, -0.15) is 4.98 Å². The predicted molar refractivity (Wildman–Crippen MR) is 98.3 cm³/mol. The molecule has 0 atom stereocenters. The molecule has 0 fully saturated rings. The molecule has 5 nitrogen and oxygen atoms in total. The highest BCUT2D eigenvalue weighted by molar-refractivity contribution is 5.87. The fraction of sp³-hybridized carbons (Fsp3) is 0.150. The van der Waals surface area contributed by atoms with E-state index in [1.807, 2.05) is 30.3 Å². The molecule has 0 radical (unpaired) electrons. The number of fused-ring (bicyclic) bond motifs is 1. The molecule has 0 aliphatic carbocycles. The number of aryl methyl sites for hydroxylation is 2. The first-order valence-corrected chi connectivity index (χ1v) is 8.19. The van der Waals surface area contributed by atoms with Crippen LogP contribution in [0.5, 0.6) is 0 Å². The Labute approximate surface area is 145 Å². The Balaban J connectivity index is 1.73. The lowest BCUT2D eigenvalue weighted by molar-refractivity contribution is 0.394. The van der Waals surface area contributed by atoms with Crippen LogP contribution in [0.1, 0.15) is 17.0 Å². The third kappa shape index (κ3) is 3.21. The number of benzene rings is 2. The largest absolute Gasteiger partial charge is 0.365 e. The average molecular weight is 330 g/mol. The summed E-state index contributed by atoms with van der Waals surface area (Å²) >= 11 is 0. The number of nitrogens with zero attached hydrogens (tertiary/aromatic N) is 3. The van der Waals surface area contributed by atoms with Gasteiger partial charge in [0.15, 0.2) is 0 Å². The quantitative estimate of drug-likeness (QED) is 0.596. The van der Waals surface area contributed by atoms with Crippen molar-refractivity contribution in [2.24, 2.45) is 0 Å². The van der Waals surface area contributed by atoms with E-state index in [-0.39, 0.29) is 0 Å². The monoisotopic (exact) mass is 330 g/mol. The number of nitrogens with one attached hydrogen (secondary N) is 1. The molecule has 2 aromatic carbocycles. The van der Waals surface area contributed by atoms with Gasteiger partial charge in [0.05, 0.1) is 11.1 Å². The molecule has 25 heavy (non-hydrogen) atoms. The molecule has 124 valence electrons. The van der Waals surface area contributed by atoms with E-state index in [9.17, 15) is 0 Å². The number of pyridine rings is 1. The first kappa shape index (κ1) is 15.3. The zero-order chi connectivity index (χ0) is 17.2. The van der Waals surface area contributed by atoms with Crippen LogP contribution in [-0.4, -0.2) is 15.1 Å². The smallest absolute Gasteiger partial charge is 0.223 e. The Morgan fingerprint density at radius 2 is 1.76 bits per heavy atom. The fourth-order valence-corrected chi connectivity index (χ4v) is 2.72. The lowest BCUT2D eigenvalue weighted by Crippen LogP contribution is -2.04. The Hall–Kier alpha value is -3.21. The van der Waals surface area contributed by atoms with Crippen LogP contribution in [0.2, 0.25) is 0 Å². The Kier molecular flexibility index (Phi) is 3.90. The van der Waals surface area contributed by atoms with E-state index in [2.05, 4.69) is 46.6 Å². The summed E-state index contributed by atoms with van der Waals surface area (Å²) in [4.78, 5) is 9.12. The van der Waals surface area contributed by atoms with Gasteiger partial charge in [-0.15, -0.1) is 0 Å². The number of aromatic nitrogens is 3. The maximum absolute atomic E-state index is 5.15. The van der Waals surface area contributed by atoms with Crippen LogP contribution in [0.4, 0.5) is 5.82 Å². The SMILES string of the molecule is Cc1ccc(CNc2nc3ccccc3cc2-c2noc(C)n2)cc1. The molecule has 4 rings (SSSR count). The topological polar surface area (TPSA) is 63.8 Å². The lowest BCUT2D eigenvalue weighted by atomic mass is 10.1. The van der Waals surface area contributed by atoms with Crippen molar-refractivity contribution in [2.75, 3.05) is 5.32 Å². The van der Waals surface area contributed by atoms with Gasteiger partial charge in [-0.05, 0) is 24.6 Å². The molecule has 0 unspecified atom stereocenters. The molecule has 0 bridgehead atoms. The molecule has 0 spiro atoms. The molecule has 4 aromatic rings. The van der Waals surface area contributed by atoms with Gasteiger partial charge in [0.2, 0.25) is 11.7 Å². The van der Waals surface area contributed by atoms with Crippen molar-refractivity contribution in [3.05, 3.63) is 71.6 Å². The van der Waals surface area contributed by atoms with E-state index in [1.165, 1.54) is 11.1 Å². The summed E-state index contributed by atoms with van der Waals surface area (Å²) in [5.41, 5.74) is 4.20. The first-order chi connectivity index (χ1) is 12.2. The minimum atomic E-state index is 0.535. The van der Waals surface area contributed by atoms with Gasteiger partial charge in [0.25, 0.3) is 0 Å². The van der Waals surface area contributed by atoms with Gasteiger partial charge in [-0.25, -0.2) is 4.98 Å². The zero-order valence-electron chi connectivity index (χ0n) is 14.2. The number of hydrogen-bond donors (Lipinski definition) is 1. The number of anilines is 1. The summed E-state index contributed by atoms with van der Waals surface area (Å²) in [6.45, 7) is 4.54. The van der Waals surface area contributed by atoms with E-state index >= 15 is 0 Å². The molecule has 0 aliphatic heterocycles. The van der Waals surface area contributed by atoms with Crippen molar-refractivity contribution in [3.63, 3.8) is 0 Å². The van der Waals surface area contributed by atoms with Crippen LogP contribution >= 0.6 is 0 Å². The second kappa shape index (κ2) is 6.36. The standard InChI is InChI=1S/C20H18N4O/c1-13-7-9-15(10-8-13)12-21-19-17(20-22-14(2)25-24-20)11-16-5-3-4-6-18(16)23-19/h3-11H,12H2,1-2H3,(H,21,23). The molecule has 0 amide bonds. The van der Waals surface area contributed by atoms with Crippen LogP contribution in [0.3, 0.4) is 0 Å². The molecular weight excluding hydrogens is 312 g/mol. The van der Waals surface area contributed by atoms with Crippen LogP contribution in [-0.2, 0) is 6.54 Å². The summed E-state index contributed by atoms with van der Waals surface area (Å²) in [6.07, 6.45) is 0. The van der Waals surface area contributed by atoms with Gasteiger partial charge < -0.3 is 9.84 Å². The van der Waals surface area contributed by atoms with Crippen LogP contribution in [0.15, 0.2) is 59.1 Å². The van der Waals surface area contributed by atoms with Crippen molar-refractivity contribution in [1.29, 1.82) is 0 Å². The first-order valence-electron chi connectivity index (χ1n) is 8.19. The maximum atomic E-state index is 5.15. The molecule has 2 aromatic heterocycles. The Morgan fingerprint density at radius 1 is 0.960 bits per heavy atom. The average Bonchev–Trinajstić information content (AvgIpc) is 3.06. The molecular formula is C20H18N4O. The van der Waals surface area contributed by atoms with Gasteiger partial charge in [0, 0.05) is 18.9 Å². The zero-order valence-corrected chi connectivity index (χ0v) is 14.2. The second-order valence-electron chi connectivity index (χ2n) is 6.05. The van der Waals surface area contributed by atoms with Gasteiger partial charge in [-0.1, -0.05) is 53.2 Å². The summed E-state index contributed by atoms with van der Waals surface area (Å²) < 4.78 is 5.15. The van der Waals surface area contributed by atoms with Crippen LogP contribution in [0.25, 0.3) is 22.3 Å². The van der Waals surface area contributed by atoms with E-state index < -0.39 is 0 Å². The highest BCUT2D eigenvalue weighted by Crippen LogP contribution is 2.28. The summed E-state index contributed by atoms with van der Waals surface area (Å²) in [5, 5.41) is 8.51. The molecule has 0 saturated carbocycles. The maximum Gasteiger partial charge on any atom is 0.223 e. The highest BCUT2D eigenvalue weighted by Gasteiger charge is 2.14. The number of para-hydroxylation sites is 1. The Bertz CT molecular complexity index is 1020. The van der Waals surface area contributed by atoms with E-state index in [1.54, 1.807) is 6.92 Å². The third-order valence-corrected chi connectivity index (χ3v) is 4.07. The van der Waals surface area contributed by atoms with Crippen molar-refractivity contribution >= 4 is 16.7 Å². The molecule has 1 N–H and O–H groups in total. The summed E-state index contributed by atoms with van der Waals surface area (Å²) in [6, 6.07) is 18.5. The van der Waals surface area contributed by atoms with Gasteiger partial charge in [-0.3, -0.25) is 0 Å². The van der Waals surface area contributed by atoms with Gasteiger partial charge >= 0.3 is 0 Å². The normalized spacial score (nSPS) is 11.0. The molecule has 5 heteroatoms. The van der Waals surface area contributed by atoms with Crippen molar-refractivity contribution in [3.8, 4) is 11.4 Å². The lowest BCUT2D eigenvalue weighted by Gasteiger charge is -2.11. The number of hydrogen-bond acceptors (Lipinski definition) is 5. The van der Waals surface area contributed by atoms with Crippen LogP contribution in [0, 0.1) is 13.8 Å². The van der Waals surface area contributed by atoms with Crippen molar-refractivity contribution in [2.45, 2.75) is 20.4 Å². The van der Waals surface area contributed by atoms with E-state index in [0.717, 1.165) is 22.3 Å². The highest BCUT2D eigenvalue weighted by atomic mass is 16.5. The van der Waals surface area contributed by atoms with Crippen molar-refractivity contribution in [1.82, 2.24) is 15.1 Å². The minimum absolute atomic E-state index is 0.535. The van der Waals surface area contributed by atoms with Gasteiger partial charge in [0.1, 0.15) is 5.82 Å². The predicted octanol–water partition coefficient (Wildman–Crippen LogP) is 4.51. The van der Waals surface area contributed by atoms with Crippen molar-refractivity contribution < 1.29 is 4.52 Å². The van der Waals surface area contributed by atoms with E-state index in [0.29, 0.717) is 18.3 Å². The fourth-order valence-electron chi connectivity index (χ4n) is 2.72. The molecule has 0 saturated heterocycles. The van der Waals surface area contributed by atoms with Crippen LogP contribution < -0.4 is 5.32 Å². The minimum Gasteiger partial charge on any atom is -0.365 e. The number of rotatable bonds is 4. The molecule has 0 aliphatic rings.